The Hall–Kier alpha value is -2.75. The van der Waals surface area contributed by atoms with Gasteiger partial charge in [-0.25, -0.2) is 4.79 Å². The molecule has 4 heteroatoms. The number of hydrogen-bond donors (Lipinski definition) is 0. The molecule has 126 valence electrons. The van der Waals surface area contributed by atoms with Crippen LogP contribution in [0.15, 0.2) is 48.5 Å². The van der Waals surface area contributed by atoms with Crippen molar-refractivity contribution in [3.63, 3.8) is 0 Å². The van der Waals surface area contributed by atoms with E-state index in [1.54, 1.807) is 38.5 Å². The molecule has 0 aliphatic heterocycles. The van der Waals surface area contributed by atoms with Gasteiger partial charge in [-0.15, -0.1) is 0 Å². The lowest BCUT2D eigenvalue weighted by molar-refractivity contribution is -0.128. The summed E-state index contributed by atoms with van der Waals surface area (Å²) >= 11 is 0. The summed E-state index contributed by atoms with van der Waals surface area (Å²) in [5, 5.41) is 0. The standard InChI is InChI=1S/C20H22O4/c1-14(2)16-7-5-6-8-17(16)24-20(21)12-10-15-9-11-18(22-3)19(13-15)23-4/h5-14H,1-4H3/b12-10+. The molecule has 0 saturated carbocycles. The van der Waals surface area contributed by atoms with Gasteiger partial charge in [-0.2, -0.15) is 0 Å². The third kappa shape index (κ3) is 4.38. The molecule has 0 aromatic heterocycles. The fraction of sp³-hybridized carbons (Fsp3) is 0.250. The number of esters is 1. The van der Waals surface area contributed by atoms with Crippen LogP contribution in [0.25, 0.3) is 6.08 Å². The van der Waals surface area contributed by atoms with E-state index in [9.17, 15) is 4.79 Å². The number of benzene rings is 2. The van der Waals surface area contributed by atoms with Crippen molar-refractivity contribution >= 4 is 12.0 Å². The molecule has 0 fully saturated rings. The molecule has 24 heavy (non-hydrogen) atoms. The summed E-state index contributed by atoms with van der Waals surface area (Å²) in [5.41, 5.74) is 1.83. The van der Waals surface area contributed by atoms with Gasteiger partial charge >= 0.3 is 5.97 Å². The minimum atomic E-state index is -0.419. The number of para-hydroxylation sites is 1. The van der Waals surface area contributed by atoms with Crippen molar-refractivity contribution in [2.24, 2.45) is 0 Å². The van der Waals surface area contributed by atoms with Gasteiger partial charge < -0.3 is 14.2 Å². The minimum absolute atomic E-state index is 0.281. The van der Waals surface area contributed by atoms with Crippen LogP contribution in [0.4, 0.5) is 0 Å². The van der Waals surface area contributed by atoms with Gasteiger partial charge in [0, 0.05) is 6.08 Å². The molecular formula is C20H22O4. The highest BCUT2D eigenvalue weighted by molar-refractivity contribution is 5.89. The summed E-state index contributed by atoms with van der Waals surface area (Å²) < 4.78 is 15.9. The maximum atomic E-state index is 12.1. The molecule has 2 aromatic carbocycles. The van der Waals surface area contributed by atoms with E-state index < -0.39 is 5.97 Å². The van der Waals surface area contributed by atoms with Gasteiger partial charge in [0.2, 0.25) is 0 Å². The number of ether oxygens (including phenoxy) is 3. The molecule has 0 radical (unpaired) electrons. The van der Waals surface area contributed by atoms with E-state index in [0.717, 1.165) is 11.1 Å². The summed E-state index contributed by atoms with van der Waals surface area (Å²) in [5.74, 6) is 1.71. The molecule has 0 bridgehead atoms. The molecule has 0 unspecified atom stereocenters. The zero-order valence-electron chi connectivity index (χ0n) is 14.4. The normalized spacial score (nSPS) is 10.9. The van der Waals surface area contributed by atoms with Crippen LogP contribution in [-0.4, -0.2) is 20.2 Å². The van der Waals surface area contributed by atoms with Crippen LogP contribution >= 0.6 is 0 Å². The van der Waals surface area contributed by atoms with Crippen LogP contribution in [-0.2, 0) is 4.79 Å². The quantitative estimate of drug-likeness (QED) is 0.447. The van der Waals surface area contributed by atoms with Crippen LogP contribution in [0.1, 0.15) is 30.9 Å². The molecule has 2 aromatic rings. The van der Waals surface area contributed by atoms with Gasteiger partial charge in [-0.3, -0.25) is 0 Å². The third-order valence-corrected chi connectivity index (χ3v) is 3.57. The van der Waals surface area contributed by atoms with Crippen molar-refractivity contribution in [1.29, 1.82) is 0 Å². The highest BCUT2D eigenvalue weighted by atomic mass is 16.5. The van der Waals surface area contributed by atoms with Crippen molar-refractivity contribution in [2.75, 3.05) is 14.2 Å². The molecular weight excluding hydrogens is 304 g/mol. The highest BCUT2D eigenvalue weighted by Crippen LogP contribution is 2.28. The van der Waals surface area contributed by atoms with Crippen molar-refractivity contribution in [1.82, 2.24) is 0 Å². The van der Waals surface area contributed by atoms with E-state index in [1.165, 1.54) is 6.08 Å². The van der Waals surface area contributed by atoms with E-state index in [1.807, 2.05) is 24.3 Å². The maximum absolute atomic E-state index is 12.1. The average Bonchev–Trinajstić information content (AvgIpc) is 2.59. The molecule has 2 rings (SSSR count). The van der Waals surface area contributed by atoms with E-state index in [4.69, 9.17) is 14.2 Å². The third-order valence-electron chi connectivity index (χ3n) is 3.57. The lowest BCUT2D eigenvalue weighted by atomic mass is 10.0. The van der Waals surface area contributed by atoms with Crippen molar-refractivity contribution < 1.29 is 19.0 Å². The lowest BCUT2D eigenvalue weighted by Crippen LogP contribution is -2.06. The molecule has 0 spiro atoms. The summed E-state index contributed by atoms with van der Waals surface area (Å²) in [7, 11) is 3.15. The molecule has 0 heterocycles. The van der Waals surface area contributed by atoms with Gasteiger partial charge in [0.1, 0.15) is 5.75 Å². The molecule has 4 nitrogen and oxygen atoms in total. The fourth-order valence-corrected chi connectivity index (χ4v) is 2.31. The Labute approximate surface area is 142 Å². The first-order chi connectivity index (χ1) is 11.5. The van der Waals surface area contributed by atoms with Crippen LogP contribution < -0.4 is 14.2 Å². The second-order valence-corrected chi connectivity index (χ2v) is 5.56. The van der Waals surface area contributed by atoms with Crippen LogP contribution in [0.3, 0.4) is 0 Å². The SMILES string of the molecule is COc1ccc(/C=C/C(=O)Oc2ccccc2C(C)C)cc1OC. The van der Waals surface area contributed by atoms with Crippen LogP contribution in [0.5, 0.6) is 17.2 Å². The zero-order chi connectivity index (χ0) is 17.5. The minimum Gasteiger partial charge on any atom is -0.493 e. The fourth-order valence-electron chi connectivity index (χ4n) is 2.31. The largest absolute Gasteiger partial charge is 0.493 e. The van der Waals surface area contributed by atoms with E-state index in [2.05, 4.69) is 13.8 Å². The molecule has 0 aliphatic rings. The van der Waals surface area contributed by atoms with E-state index in [-0.39, 0.29) is 5.92 Å². The highest BCUT2D eigenvalue weighted by Gasteiger charge is 2.09. The summed E-state index contributed by atoms with van der Waals surface area (Å²) in [6, 6.07) is 13.0. The van der Waals surface area contributed by atoms with Crippen molar-refractivity contribution in [3.8, 4) is 17.2 Å². The monoisotopic (exact) mass is 326 g/mol. The topological polar surface area (TPSA) is 44.8 Å². The summed E-state index contributed by atoms with van der Waals surface area (Å²) in [6.07, 6.45) is 3.08. The molecule has 0 atom stereocenters. The Balaban J connectivity index is 2.11. The number of rotatable bonds is 6. The van der Waals surface area contributed by atoms with E-state index in [0.29, 0.717) is 17.2 Å². The van der Waals surface area contributed by atoms with Crippen molar-refractivity contribution in [3.05, 3.63) is 59.7 Å². The van der Waals surface area contributed by atoms with Gasteiger partial charge in [0.15, 0.2) is 11.5 Å². The van der Waals surface area contributed by atoms with Crippen LogP contribution in [0.2, 0.25) is 0 Å². The number of carbonyl (C=O) groups is 1. The Morgan fingerprint density at radius 2 is 1.67 bits per heavy atom. The van der Waals surface area contributed by atoms with Gasteiger partial charge in [-0.1, -0.05) is 38.1 Å². The number of hydrogen-bond acceptors (Lipinski definition) is 4. The second-order valence-electron chi connectivity index (χ2n) is 5.56. The Morgan fingerprint density at radius 1 is 0.958 bits per heavy atom. The van der Waals surface area contributed by atoms with Crippen LogP contribution in [0, 0.1) is 0 Å². The number of carbonyl (C=O) groups excluding carboxylic acids is 1. The zero-order valence-corrected chi connectivity index (χ0v) is 14.4. The summed E-state index contributed by atoms with van der Waals surface area (Å²) in [6.45, 7) is 4.12. The predicted octanol–water partition coefficient (Wildman–Crippen LogP) is 4.45. The Morgan fingerprint density at radius 3 is 2.33 bits per heavy atom. The average molecular weight is 326 g/mol. The summed E-state index contributed by atoms with van der Waals surface area (Å²) in [4.78, 5) is 12.1. The molecule has 0 saturated heterocycles. The number of methoxy groups -OCH3 is 2. The molecule has 0 aliphatic carbocycles. The Kier molecular flexibility index (Phi) is 6.01. The maximum Gasteiger partial charge on any atom is 0.336 e. The molecule has 0 N–H and O–H groups in total. The first kappa shape index (κ1) is 17.6. The Bertz CT molecular complexity index is 732. The predicted molar refractivity (Wildman–Crippen MR) is 94.7 cm³/mol. The first-order valence-electron chi connectivity index (χ1n) is 7.76. The van der Waals surface area contributed by atoms with Gasteiger partial charge in [0.25, 0.3) is 0 Å². The van der Waals surface area contributed by atoms with E-state index >= 15 is 0 Å². The smallest absolute Gasteiger partial charge is 0.336 e. The second kappa shape index (κ2) is 8.20. The molecule has 0 amide bonds. The lowest BCUT2D eigenvalue weighted by Gasteiger charge is -2.11. The van der Waals surface area contributed by atoms with Gasteiger partial charge in [0.05, 0.1) is 14.2 Å². The first-order valence-corrected chi connectivity index (χ1v) is 7.76. The van der Waals surface area contributed by atoms with Crippen molar-refractivity contribution in [2.45, 2.75) is 19.8 Å². The van der Waals surface area contributed by atoms with Gasteiger partial charge in [-0.05, 0) is 41.3 Å².